The average molecular weight is 414 g/mol. The van der Waals surface area contributed by atoms with E-state index >= 15 is 0 Å². The summed E-state index contributed by atoms with van der Waals surface area (Å²) in [4.78, 5) is 25.2. The fourth-order valence-corrected chi connectivity index (χ4v) is 8.36. The van der Waals surface area contributed by atoms with Gasteiger partial charge in [0.05, 0.1) is 12.2 Å². The van der Waals surface area contributed by atoms with Crippen LogP contribution in [0.15, 0.2) is 23.8 Å². The van der Waals surface area contributed by atoms with Gasteiger partial charge in [-0.25, -0.2) is 0 Å². The number of aliphatic hydroxyl groups is 1. The van der Waals surface area contributed by atoms with Crippen LogP contribution in [0.4, 0.5) is 0 Å². The number of carbonyl (C=O) groups is 2. The van der Waals surface area contributed by atoms with Gasteiger partial charge in [-0.2, -0.15) is 0 Å². The largest absolute Gasteiger partial charge is 0.388 e. The van der Waals surface area contributed by atoms with Gasteiger partial charge in [-0.15, -0.1) is 0 Å². The first-order chi connectivity index (χ1) is 14.0. The Kier molecular flexibility index (Phi) is 3.45. The second-order valence-corrected chi connectivity index (χ2v) is 11.0. The maximum Gasteiger partial charge on any atom is 0.193 e. The Bertz CT molecular complexity index is 934. The minimum Gasteiger partial charge on any atom is -0.388 e. The van der Waals surface area contributed by atoms with Crippen LogP contribution in [-0.2, 0) is 23.8 Å². The van der Waals surface area contributed by atoms with Crippen molar-refractivity contribution in [1.29, 1.82) is 0 Å². The predicted molar refractivity (Wildman–Crippen MR) is 106 cm³/mol. The summed E-state index contributed by atoms with van der Waals surface area (Å²) in [5.41, 5.74) is -1.04. The minimum absolute atomic E-state index is 0.00438. The van der Waals surface area contributed by atoms with E-state index in [1.807, 2.05) is 13.8 Å². The van der Waals surface area contributed by atoms with Crippen molar-refractivity contribution in [3.8, 4) is 0 Å². The van der Waals surface area contributed by atoms with Crippen molar-refractivity contribution in [2.45, 2.75) is 82.6 Å². The zero-order valence-electron chi connectivity index (χ0n) is 18.1. The van der Waals surface area contributed by atoms with Gasteiger partial charge in [-0.05, 0) is 70.4 Å². The molecule has 0 amide bonds. The third kappa shape index (κ3) is 1.88. The van der Waals surface area contributed by atoms with Crippen molar-refractivity contribution < 1.29 is 28.9 Å². The summed E-state index contributed by atoms with van der Waals surface area (Å²) in [6, 6.07) is 0. The van der Waals surface area contributed by atoms with Crippen molar-refractivity contribution in [2.75, 3.05) is 6.61 Å². The number of ketones is 2. The molecule has 8 atom stereocenters. The molecule has 30 heavy (non-hydrogen) atoms. The number of ether oxygens (including phenoxy) is 3. The first-order valence-corrected chi connectivity index (χ1v) is 11.2. The molecule has 0 aromatic rings. The molecule has 1 spiro atoms. The molecule has 6 rings (SSSR count). The molecule has 2 aliphatic heterocycles. The molecule has 6 nitrogen and oxygen atoms in total. The van der Waals surface area contributed by atoms with E-state index in [0.717, 1.165) is 19.3 Å². The highest BCUT2D eigenvalue weighted by Crippen LogP contribution is 2.77. The number of epoxide rings is 1. The fraction of sp³-hybridized carbons (Fsp3) is 0.750. The van der Waals surface area contributed by atoms with Crippen molar-refractivity contribution in [3.05, 3.63) is 23.8 Å². The molecule has 2 heterocycles. The van der Waals surface area contributed by atoms with Gasteiger partial charge in [0.2, 0.25) is 0 Å². The highest BCUT2D eigenvalue weighted by molar-refractivity contribution is 6.01. The molecular weight excluding hydrogens is 384 g/mol. The molecule has 0 bridgehead atoms. The molecule has 6 aliphatic rings. The van der Waals surface area contributed by atoms with E-state index < -0.39 is 23.4 Å². The molecule has 0 radical (unpaired) electrons. The van der Waals surface area contributed by atoms with Crippen LogP contribution in [0.5, 0.6) is 0 Å². The Hall–Kier alpha value is -1.34. The Morgan fingerprint density at radius 2 is 1.93 bits per heavy atom. The topological polar surface area (TPSA) is 85.4 Å². The summed E-state index contributed by atoms with van der Waals surface area (Å²) in [5.74, 6) is -0.629. The van der Waals surface area contributed by atoms with Crippen LogP contribution in [0.25, 0.3) is 0 Å². The van der Waals surface area contributed by atoms with Crippen LogP contribution in [0, 0.1) is 22.7 Å². The van der Waals surface area contributed by atoms with Crippen molar-refractivity contribution in [1.82, 2.24) is 0 Å². The lowest BCUT2D eigenvalue weighted by Gasteiger charge is -2.56. The molecule has 3 saturated carbocycles. The number of allylic oxidation sites excluding steroid dienone is 2. The van der Waals surface area contributed by atoms with Crippen molar-refractivity contribution in [2.24, 2.45) is 22.7 Å². The number of Topliss-reactive ketones (excluding diaryl/α,β-unsaturated/α-hetero) is 1. The monoisotopic (exact) mass is 414 g/mol. The van der Waals surface area contributed by atoms with Crippen LogP contribution >= 0.6 is 0 Å². The quantitative estimate of drug-likeness (QED) is 0.699. The summed E-state index contributed by atoms with van der Waals surface area (Å²) in [6.45, 7) is 7.50. The summed E-state index contributed by atoms with van der Waals surface area (Å²) in [5, 5.41) is 9.87. The second kappa shape index (κ2) is 5.34. The maximum absolute atomic E-state index is 13.2. The zero-order chi connectivity index (χ0) is 21.3. The van der Waals surface area contributed by atoms with Crippen molar-refractivity contribution in [3.63, 3.8) is 0 Å². The van der Waals surface area contributed by atoms with E-state index in [9.17, 15) is 14.7 Å². The normalized spacial score (nSPS) is 54.4. The van der Waals surface area contributed by atoms with Crippen LogP contribution in [-0.4, -0.2) is 52.5 Å². The highest BCUT2D eigenvalue weighted by Gasteiger charge is 2.84. The van der Waals surface area contributed by atoms with Gasteiger partial charge in [-0.1, -0.05) is 18.6 Å². The first-order valence-electron chi connectivity index (χ1n) is 11.2. The molecule has 162 valence electrons. The van der Waals surface area contributed by atoms with Gasteiger partial charge in [0.1, 0.15) is 12.2 Å². The van der Waals surface area contributed by atoms with Crippen LogP contribution in [0.3, 0.4) is 0 Å². The van der Waals surface area contributed by atoms with Crippen LogP contribution in [0.1, 0.15) is 53.4 Å². The van der Waals surface area contributed by atoms with Gasteiger partial charge in [0.25, 0.3) is 0 Å². The van der Waals surface area contributed by atoms with E-state index in [0.29, 0.717) is 6.42 Å². The van der Waals surface area contributed by atoms with E-state index in [-0.39, 0.29) is 46.6 Å². The zero-order valence-corrected chi connectivity index (χ0v) is 18.1. The van der Waals surface area contributed by atoms with Crippen LogP contribution < -0.4 is 0 Å². The molecule has 6 heteroatoms. The van der Waals surface area contributed by atoms with Crippen LogP contribution in [0.2, 0.25) is 0 Å². The molecule has 5 fully saturated rings. The van der Waals surface area contributed by atoms with Gasteiger partial charge in [0, 0.05) is 10.8 Å². The lowest BCUT2D eigenvalue weighted by molar-refractivity contribution is -0.211. The number of aliphatic hydroxyl groups excluding tert-OH is 1. The number of carbonyl (C=O) groups excluding carboxylic acids is 2. The van der Waals surface area contributed by atoms with E-state index in [2.05, 4.69) is 19.9 Å². The molecule has 4 aliphatic carbocycles. The molecule has 1 unspecified atom stereocenters. The lowest BCUT2D eigenvalue weighted by Crippen LogP contribution is -2.63. The van der Waals surface area contributed by atoms with Gasteiger partial charge in [-0.3, -0.25) is 9.59 Å². The second-order valence-electron chi connectivity index (χ2n) is 11.0. The van der Waals surface area contributed by atoms with E-state index in [4.69, 9.17) is 14.2 Å². The minimum atomic E-state index is -1.14. The fourth-order valence-electron chi connectivity index (χ4n) is 8.36. The molecule has 2 saturated heterocycles. The lowest BCUT2D eigenvalue weighted by atomic mass is 9.46. The Balaban J connectivity index is 1.46. The molecule has 1 N–H and O–H groups in total. The number of rotatable bonds is 2. The third-order valence-electron chi connectivity index (χ3n) is 9.48. The Labute approximate surface area is 176 Å². The van der Waals surface area contributed by atoms with Crippen molar-refractivity contribution >= 4 is 11.6 Å². The highest BCUT2D eigenvalue weighted by atomic mass is 16.8. The predicted octanol–water partition coefficient (Wildman–Crippen LogP) is 2.49. The summed E-state index contributed by atoms with van der Waals surface area (Å²) < 4.78 is 19.2. The number of hydrogen-bond acceptors (Lipinski definition) is 6. The van der Waals surface area contributed by atoms with Gasteiger partial charge < -0.3 is 19.3 Å². The molecule has 0 aromatic heterocycles. The van der Waals surface area contributed by atoms with Gasteiger partial charge >= 0.3 is 0 Å². The molecule has 0 aromatic carbocycles. The first kappa shape index (κ1) is 19.4. The Morgan fingerprint density at radius 3 is 2.67 bits per heavy atom. The summed E-state index contributed by atoms with van der Waals surface area (Å²) >= 11 is 0. The third-order valence-corrected chi connectivity index (χ3v) is 9.48. The van der Waals surface area contributed by atoms with E-state index in [1.165, 1.54) is 5.57 Å². The maximum atomic E-state index is 13.2. The number of hydrogen-bond donors (Lipinski definition) is 1. The smallest absolute Gasteiger partial charge is 0.193 e. The SMILES string of the molecule is CC1(C)O[C@@H]2C[C@H]3[C@@H]4CCC5=CC(=O)C=C[C@]5(C)[C@]45OC5C[C@]3(C)[C@]2(C(=O)CO)O1. The summed E-state index contributed by atoms with van der Waals surface area (Å²) in [6.07, 6.45) is 8.40. The molecular formula is C24H30O6. The number of fused-ring (bicyclic) bond motifs is 5. The Morgan fingerprint density at radius 1 is 1.17 bits per heavy atom. The average Bonchev–Trinajstić information content (AvgIpc) is 3.25. The van der Waals surface area contributed by atoms with Gasteiger partial charge in [0.15, 0.2) is 23.0 Å². The standard InChI is InChI=1S/C24H30O6/c1-20(2)28-18-10-16-15-6-5-13-9-14(26)7-8-21(13,3)23(15)19(29-23)11-22(16,4)24(18,30-20)17(27)12-25/h7-9,15-16,18-19,25H,5-6,10-12H2,1-4H3/t15-,16-,18+,19?,21-,22-,23-,24+/m0/s1. The summed E-state index contributed by atoms with van der Waals surface area (Å²) in [7, 11) is 0. The van der Waals surface area contributed by atoms with E-state index in [1.54, 1.807) is 12.2 Å².